The lowest BCUT2D eigenvalue weighted by molar-refractivity contribution is 0.625. The van der Waals surface area contributed by atoms with Crippen LogP contribution in [0.2, 0.25) is 0 Å². The van der Waals surface area contributed by atoms with E-state index in [-0.39, 0.29) is 5.82 Å². The molecule has 0 bridgehead atoms. The van der Waals surface area contributed by atoms with E-state index in [9.17, 15) is 4.39 Å². The highest BCUT2D eigenvalue weighted by Gasteiger charge is 2.12. The van der Waals surface area contributed by atoms with Gasteiger partial charge in [0.25, 0.3) is 0 Å². The quantitative estimate of drug-likeness (QED) is 0.570. The second-order valence-electron chi connectivity index (χ2n) is 5.48. The Hall–Kier alpha value is -2.80. The standard InChI is InChI=1S/C17H14FN5S/c1-22(10-12-3-2-4-14(18)9-12)16-6-5-15-19-20-17(23(15)21-16)13-7-8-24-11-13/h2-9,11H,10H2,1H3. The van der Waals surface area contributed by atoms with E-state index in [1.54, 1.807) is 21.9 Å². The predicted molar refractivity (Wildman–Crippen MR) is 92.6 cm³/mol. The van der Waals surface area contributed by atoms with Crippen LogP contribution < -0.4 is 4.90 Å². The maximum Gasteiger partial charge on any atom is 0.186 e. The van der Waals surface area contributed by atoms with Crippen molar-refractivity contribution < 1.29 is 4.39 Å². The van der Waals surface area contributed by atoms with E-state index in [0.29, 0.717) is 18.0 Å². The molecule has 24 heavy (non-hydrogen) atoms. The third kappa shape index (κ3) is 2.74. The van der Waals surface area contributed by atoms with E-state index in [1.165, 1.54) is 12.1 Å². The second kappa shape index (κ2) is 6.01. The van der Waals surface area contributed by atoms with Crippen molar-refractivity contribution in [3.8, 4) is 11.4 Å². The molecule has 0 spiro atoms. The first-order chi connectivity index (χ1) is 11.7. The topological polar surface area (TPSA) is 46.3 Å². The number of hydrogen-bond acceptors (Lipinski definition) is 5. The Balaban J connectivity index is 1.68. The fourth-order valence-corrected chi connectivity index (χ4v) is 3.18. The zero-order valence-electron chi connectivity index (χ0n) is 12.9. The third-order valence-corrected chi connectivity index (χ3v) is 4.41. The number of aromatic nitrogens is 4. The largest absolute Gasteiger partial charge is 0.354 e. The van der Waals surface area contributed by atoms with Crippen LogP contribution in [0.3, 0.4) is 0 Å². The van der Waals surface area contributed by atoms with Crippen LogP contribution in [-0.2, 0) is 6.54 Å². The van der Waals surface area contributed by atoms with Crippen LogP contribution in [0.4, 0.5) is 10.2 Å². The summed E-state index contributed by atoms with van der Waals surface area (Å²) in [6, 6.07) is 12.3. The molecule has 4 rings (SSSR count). The molecule has 1 aromatic carbocycles. The van der Waals surface area contributed by atoms with Gasteiger partial charge in [0.05, 0.1) is 0 Å². The molecule has 0 N–H and O–H groups in total. The Morgan fingerprint density at radius 1 is 1.17 bits per heavy atom. The molecule has 0 aliphatic heterocycles. The third-order valence-electron chi connectivity index (χ3n) is 3.73. The van der Waals surface area contributed by atoms with Gasteiger partial charge in [-0.2, -0.15) is 15.9 Å². The Morgan fingerprint density at radius 2 is 2.08 bits per heavy atom. The molecule has 4 aromatic rings. The highest BCUT2D eigenvalue weighted by atomic mass is 32.1. The van der Waals surface area contributed by atoms with Gasteiger partial charge in [-0.25, -0.2) is 4.39 Å². The first-order valence-corrected chi connectivity index (χ1v) is 8.35. The van der Waals surface area contributed by atoms with Gasteiger partial charge in [0.1, 0.15) is 11.6 Å². The monoisotopic (exact) mass is 339 g/mol. The summed E-state index contributed by atoms with van der Waals surface area (Å²) in [5, 5.41) is 17.0. The van der Waals surface area contributed by atoms with Gasteiger partial charge >= 0.3 is 0 Å². The molecule has 0 aliphatic rings. The van der Waals surface area contributed by atoms with Crippen LogP contribution >= 0.6 is 11.3 Å². The van der Waals surface area contributed by atoms with Gasteiger partial charge < -0.3 is 4.90 Å². The predicted octanol–water partition coefficient (Wildman–Crippen LogP) is 3.63. The Labute approximate surface area is 142 Å². The van der Waals surface area contributed by atoms with E-state index in [4.69, 9.17) is 0 Å². The lowest BCUT2D eigenvalue weighted by Gasteiger charge is -2.18. The zero-order chi connectivity index (χ0) is 16.5. The van der Waals surface area contributed by atoms with Crippen molar-refractivity contribution in [1.29, 1.82) is 0 Å². The highest BCUT2D eigenvalue weighted by molar-refractivity contribution is 7.08. The molecule has 5 nitrogen and oxygen atoms in total. The number of thiophene rings is 1. The molecule has 3 heterocycles. The number of hydrogen-bond donors (Lipinski definition) is 0. The van der Waals surface area contributed by atoms with Crippen LogP contribution in [0.25, 0.3) is 17.0 Å². The molecule has 0 saturated carbocycles. The molecule has 3 aromatic heterocycles. The normalized spacial score (nSPS) is 11.1. The first kappa shape index (κ1) is 14.8. The van der Waals surface area contributed by atoms with Gasteiger partial charge in [-0.1, -0.05) is 12.1 Å². The van der Waals surface area contributed by atoms with E-state index in [0.717, 1.165) is 16.9 Å². The molecule has 0 atom stereocenters. The number of nitrogens with zero attached hydrogens (tertiary/aromatic N) is 5. The molecular formula is C17H14FN5S. The number of benzene rings is 1. The first-order valence-electron chi connectivity index (χ1n) is 7.41. The van der Waals surface area contributed by atoms with E-state index >= 15 is 0 Å². The molecular weight excluding hydrogens is 325 g/mol. The molecule has 0 saturated heterocycles. The molecule has 0 radical (unpaired) electrons. The van der Waals surface area contributed by atoms with Gasteiger partial charge in [0.15, 0.2) is 11.5 Å². The van der Waals surface area contributed by atoms with Crippen molar-refractivity contribution in [2.24, 2.45) is 0 Å². The minimum atomic E-state index is -0.233. The van der Waals surface area contributed by atoms with Crippen molar-refractivity contribution >= 4 is 22.8 Å². The summed E-state index contributed by atoms with van der Waals surface area (Å²) >= 11 is 1.61. The fraction of sp³-hybridized carbons (Fsp3) is 0.118. The smallest absolute Gasteiger partial charge is 0.186 e. The van der Waals surface area contributed by atoms with E-state index < -0.39 is 0 Å². The molecule has 0 amide bonds. The summed E-state index contributed by atoms with van der Waals surface area (Å²) < 4.78 is 15.1. The van der Waals surface area contributed by atoms with Crippen molar-refractivity contribution in [1.82, 2.24) is 19.8 Å². The van der Waals surface area contributed by atoms with Crippen LogP contribution in [0.5, 0.6) is 0 Å². The van der Waals surface area contributed by atoms with Crippen LogP contribution in [0, 0.1) is 5.82 Å². The maximum atomic E-state index is 13.3. The van der Waals surface area contributed by atoms with Gasteiger partial charge in [-0.3, -0.25) is 0 Å². The molecule has 120 valence electrons. The Kier molecular flexibility index (Phi) is 3.70. The molecule has 7 heteroatoms. The summed E-state index contributed by atoms with van der Waals surface area (Å²) in [5.74, 6) is 1.25. The number of anilines is 1. The van der Waals surface area contributed by atoms with Gasteiger partial charge in [0, 0.05) is 24.5 Å². The number of fused-ring (bicyclic) bond motifs is 1. The average molecular weight is 339 g/mol. The molecule has 0 aliphatic carbocycles. The minimum absolute atomic E-state index is 0.233. The maximum absolute atomic E-state index is 13.3. The van der Waals surface area contributed by atoms with Crippen LogP contribution in [0.1, 0.15) is 5.56 Å². The van der Waals surface area contributed by atoms with Crippen molar-refractivity contribution in [2.45, 2.75) is 6.54 Å². The van der Waals surface area contributed by atoms with Crippen LogP contribution in [-0.4, -0.2) is 26.9 Å². The summed E-state index contributed by atoms with van der Waals surface area (Å²) in [5.41, 5.74) is 2.57. The zero-order valence-corrected chi connectivity index (χ0v) is 13.7. The van der Waals surface area contributed by atoms with Gasteiger partial charge in [0.2, 0.25) is 0 Å². The fourth-order valence-electron chi connectivity index (χ4n) is 2.54. The van der Waals surface area contributed by atoms with Crippen molar-refractivity contribution in [3.63, 3.8) is 0 Å². The minimum Gasteiger partial charge on any atom is -0.354 e. The summed E-state index contributed by atoms with van der Waals surface area (Å²) in [4.78, 5) is 1.96. The van der Waals surface area contributed by atoms with Crippen LogP contribution in [0.15, 0.2) is 53.2 Å². The average Bonchev–Trinajstić information content (AvgIpc) is 3.23. The highest BCUT2D eigenvalue weighted by Crippen LogP contribution is 2.22. The Morgan fingerprint density at radius 3 is 2.88 bits per heavy atom. The lowest BCUT2D eigenvalue weighted by Crippen LogP contribution is -2.18. The van der Waals surface area contributed by atoms with Gasteiger partial charge in [-0.15, -0.1) is 15.3 Å². The number of rotatable bonds is 4. The van der Waals surface area contributed by atoms with Crippen molar-refractivity contribution in [3.05, 3.63) is 64.6 Å². The number of halogens is 1. The Bertz CT molecular complexity index is 980. The van der Waals surface area contributed by atoms with Gasteiger partial charge in [-0.05, 0) is 41.3 Å². The lowest BCUT2D eigenvalue weighted by atomic mass is 10.2. The second-order valence-corrected chi connectivity index (χ2v) is 6.26. The molecule has 0 fully saturated rings. The van der Waals surface area contributed by atoms with Crippen molar-refractivity contribution in [2.75, 3.05) is 11.9 Å². The SMILES string of the molecule is CN(Cc1cccc(F)c1)c1ccc2nnc(-c3ccsc3)n2n1. The molecule has 0 unspecified atom stereocenters. The van der Waals surface area contributed by atoms with E-state index in [1.807, 2.05) is 47.0 Å². The van der Waals surface area contributed by atoms with E-state index in [2.05, 4.69) is 15.3 Å². The summed E-state index contributed by atoms with van der Waals surface area (Å²) in [7, 11) is 1.92. The summed E-state index contributed by atoms with van der Waals surface area (Å²) in [6.07, 6.45) is 0. The summed E-state index contributed by atoms with van der Waals surface area (Å²) in [6.45, 7) is 0.562.